The van der Waals surface area contributed by atoms with Gasteiger partial charge in [0.25, 0.3) is 0 Å². The summed E-state index contributed by atoms with van der Waals surface area (Å²) in [7, 11) is 0. The number of carbonyl (C=O) groups excluding carboxylic acids is 1. The van der Waals surface area contributed by atoms with Gasteiger partial charge in [-0.2, -0.15) is 0 Å². The summed E-state index contributed by atoms with van der Waals surface area (Å²) >= 11 is 0. The van der Waals surface area contributed by atoms with Gasteiger partial charge in [-0.1, -0.05) is 74.5 Å². The average Bonchev–Trinajstić information content (AvgIpc) is 3.10. The lowest BCUT2D eigenvalue weighted by Gasteiger charge is -2.06. The highest BCUT2D eigenvalue weighted by Gasteiger charge is 2.17. The quantitative estimate of drug-likeness (QED) is 0.672. The number of carbonyl (C=O) groups is 1. The summed E-state index contributed by atoms with van der Waals surface area (Å²) in [6, 6.07) is 19.9. The summed E-state index contributed by atoms with van der Waals surface area (Å²) in [5.74, 6) is 1.80. The molecule has 0 aliphatic heterocycles. The van der Waals surface area contributed by atoms with Crippen molar-refractivity contribution in [3.63, 3.8) is 0 Å². The highest BCUT2D eigenvalue weighted by Crippen LogP contribution is 2.32. The van der Waals surface area contributed by atoms with Crippen LogP contribution in [0.4, 0.5) is 0 Å². The molecule has 2 aromatic carbocycles. The monoisotopic (exact) mass is 348 g/mol. The molecule has 0 aliphatic rings. The predicted molar refractivity (Wildman–Crippen MR) is 104 cm³/mol. The Balaban J connectivity index is 1.82. The number of benzene rings is 2. The van der Waals surface area contributed by atoms with E-state index in [4.69, 9.17) is 4.42 Å². The molecule has 26 heavy (non-hydrogen) atoms. The maximum atomic E-state index is 12.0. The Kier molecular flexibility index (Phi) is 5.84. The lowest BCUT2D eigenvalue weighted by atomic mass is 10.1. The average molecular weight is 348 g/mol. The van der Waals surface area contributed by atoms with Crippen molar-refractivity contribution in [2.24, 2.45) is 5.92 Å². The van der Waals surface area contributed by atoms with Crippen LogP contribution in [0.15, 0.2) is 65.1 Å². The Hall–Kier alpha value is -2.88. The zero-order chi connectivity index (χ0) is 18.4. The highest BCUT2D eigenvalue weighted by molar-refractivity contribution is 5.77. The zero-order valence-corrected chi connectivity index (χ0v) is 15.2. The van der Waals surface area contributed by atoms with Crippen LogP contribution in [0.25, 0.3) is 22.6 Å². The van der Waals surface area contributed by atoms with E-state index in [0.717, 1.165) is 22.6 Å². The van der Waals surface area contributed by atoms with Gasteiger partial charge >= 0.3 is 0 Å². The molecule has 1 amide bonds. The van der Waals surface area contributed by atoms with Gasteiger partial charge in [-0.05, 0) is 5.92 Å². The van der Waals surface area contributed by atoms with Crippen LogP contribution < -0.4 is 5.32 Å². The van der Waals surface area contributed by atoms with Crippen molar-refractivity contribution in [1.82, 2.24) is 10.3 Å². The van der Waals surface area contributed by atoms with Crippen molar-refractivity contribution < 1.29 is 9.21 Å². The molecular formula is C22H24N2O2. The molecule has 0 spiro atoms. The van der Waals surface area contributed by atoms with Crippen LogP contribution in [0.3, 0.4) is 0 Å². The van der Waals surface area contributed by atoms with E-state index in [1.54, 1.807) is 0 Å². The molecule has 0 saturated heterocycles. The van der Waals surface area contributed by atoms with Crippen molar-refractivity contribution in [3.05, 3.63) is 66.6 Å². The molecule has 0 atom stereocenters. The van der Waals surface area contributed by atoms with Crippen molar-refractivity contribution in [2.75, 3.05) is 6.54 Å². The number of hydrogen-bond acceptors (Lipinski definition) is 3. The molecule has 0 bridgehead atoms. The third kappa shape index (κ3) is 4.60. The lowest BCUT2D eigenvalue weighted by Crippen LogP contribution is -2.27. The van der Waals surface area contributed by atoms with Gasteiger partial charge in [0.1, 0.15) is 5.69 Å². The third-order valence-electron chi connectivity index (χ3n) is 4.03. The summed E-state index contributed by atoms with van der Waals surface area (Å²) in [5.41, 5.74) is 2.80. The van der Waals surface area contributed by atoms with Gasteiger partial charge in [0, 0.05) is 30.5 Å². The molecule has 1 N–H and O–H groups in total. The molecule has 0 saturated carbocycles. The minimum atomic E-state index is 0.0272. The maximum absolute atomic E-state index is 12.0. The van der Waals surface area contributed by atoms with E-state index >= 15 is 0 Å². The number of hydrogen-bond donors (Lipinski definition) is 1. The standard InChI is InChI=1S/C22H24N2O2/c1-16(2)15-23-19(25)13-14-20-24-21(17-9-5-3-6-10-17)22(26-20)18-11-7-4-8-12-18/h3-12,16H,13-15H2,1-2H3,(H,23,25). The predicted octanol–water partition coefficient (Wildman–Crippen LogP) is 4.71. The van der Waals surface area contributed by atoms with Crippen molar-refractivity contribution >= 4 is 5.91 Å². The molecule has 1 aromatic heterocycles. The van der Waals surface area contributed by atoms with E-state index < -0.39 is 0 Å². The van der Waals surface area contributed by atoms with Crippen molar-refractivity contribution in [1.29, 1.82) is 0 Å². The molecule has 134 valence electrons. The Bertz CT molecular complexity index is 782. The molecule has 3 rings (SSSR count). The first-order valence-corrected chi connectivity index (χ1v) is 9.00. The smallest absolute Gasteiger partial charge is 0.220 e. The molecule has 4 heteroatoms. The molecule has 0 radical (unpaired) electrons. The van der Waals surface area contributed by atoms with Crippen molar-refractivity contribution in [2.45, 2.75) is 26.7 Å². The molecule has 0 aliphatic carbocycles. The van der Waals surface area contributed by atoms with Crippen LogP contribution in [0.1, 0.15) is 26.2 Å². The molecule has 0 fully saturated rings. The van der Waals surface area contributed by atoms with E-state index in [9.17, 15) is 4.79 Å². The fourth-order valence-electron chi connectivity index (χ4n) is 2.68. The number of nitrogens with one attached hydrogen (secondary N) is 1. The van der Waals surface area contributed by atoms with Crippen LogP contribution in [-0.4, -0.2) is 17.4 Å². The molecule has 1 heterocycles. The summed E-state index contributed by atoms with van der Waals surface area (Å²) in [6.07, 6.45) is 0.853. The Morgan fingerprint density at radius 2 is 1.62 bits per heavy atom. The number of aryl methyl sites for hydroxylation is 1. The van der Waals surface area contributed by atoms with E-state index in [1.165, 1.54) is 0 Å². The minimum Gasteiger partial charge on any atom is -0.440 e. The second kappa shape index (κ2) is 8.48. The van der Waals surface area contributed by atoms with Gasteiger partial charge in [0.05, 0.1) is 0 Å². The number of oxazole rings is 1. The summed E-state index contributed by atoms with van der Waals surface area (Å²) in [5, 5.41) is 2.93. The number of amides is 1. The molecule has 4 nitrogen and oxygen atoms in total. The summed E-state index contributed by atoms with van der Waals surface area (Å²) in [4.78, 5) is 16.6. The van der Waals surface area contributed by atoms with Gasteiger partial charge < -0.3 is 9.73 Å². The fraction of sp³-hybridized carbons (Fsp3) is 0.273. The fourth-order valence-corrected chi connectivity index (χ4v) is 2.68. The Labute approximate surface area is 154 Å². The van der Waals surface area contributed by atoms with Gasteiger partial charge in [0.15, 0.2) is 11.7 Å². The SMILES string of the molecule is CC(C)CNC(=O)CCc1nc(-c2ccccc2)c(-c2ccccc2)o1. The minimum absolute atomic E-state index is 0.0272. The topological polar surface area (TPSA) is 55.1 Å². The lowest BCUT2D eigenvalue weighted by molar-refractivity contribution is -0.121. The van der Waals surface area contributed by atoms with Gasteiger partial charge in [-0.25, -0.2) is 4.98 Å². The maximum Gasteiger partial charge on any atom is 0.220 e. The van der Waals surface area contributed by atoms with E-state index in [-0.39, 0.29) is 5.91 Å². The number of aromatic nitrogens is 1. The number of nitrogens with zero attached hydrogens (tertiary/aromatic N) is 1. The van der Waals surface area contributed by atoms with Crippen molar-refractivity contribution in [3.8, 4) is 22.6 Å². The zero-order valence-electron chi connectivity index (χ0n) is 15.2. The van der Waals surface area contributed by atoms with Crippen LogP contribution >= 0.6 is 0 Å². The Morgan fingerprint density at radius 3 is 2.23 bits per heavy atom. The van der Waals surface area contributed by atoms with Crippen LogP contribution in [0.5, 0.6) is 0 Å². The number of rotatable bonds is 7. The molecule has 3 aromatic rings. The second-order valence-electron chi connectivity index (χ2n) is 6.72. The van der Waals surface area contributed by atoms with E-state index in [1.807, 2.05) is 60.7 Å². The van der Waals surface area contributed by atoms with Crippen LogP contribution in [0, 0.1) is 5.92 Å². The first-order valence-electron chi connectivity index (χ1n) is 9.00. The Morgan fingerprint density at radius 1 is 1.00 bits per heavy atom. The second-order valence-corrected chi connectivity index (χ2v) is 6.72. The van der Waals surface area contributed by atoms with Crippen LogP contribution in [0.2, 0.25) is 0 Å². The third-order valence-corrected chi connectivity index (χ3v) is 4.03. The van der Waals surface area contributed by atoms with Gasteiger partial charge in [0.2, 0.25) is 5.91 Å². The first-order chi connectivity index (χ1) is 12.6. The van der Waals surface area contributed by atoms with Crippen LogP contribution in [-0.2, 0) is 11.2 Å². The summed E-state index contributed by atoms with van der Waals surface area (Å²) < 4.78 is 6.04. The first kappa shape index (κ1) is 17.9. The van der Waals surface area contributed by atoms with Gasteiger partial charge in [-0.3, -0.25) is 4.79 Å². The molecule has 0 unspecified atom stereocenters. The normalized spacial score (nSPS) is 10.9. The van der Waals surface area contributed by atoms with E-state index in [2.05, 4.69) is 24.1 Å². The van der Waals surface area contributed by atoms with Gasteiger partial charge in [-0.15, -0.1) is 0 Å². The summed E-state index contributed by atoms with van der Waals surface area (Å²) in [6.45, 7) is 4.84. The van der Waals surface area contributed by atoms with E-state index in [0.29, 0.717) is 31.2 Å². The largest absolute Gasteiger partial charge is 0.440 e. The highest BCUT2D eigenvalue weighted by atomic mass is 16.4. The molecular weight excluding hydrogens is 324 g/mol.